The van der Waals surface area contributed by atoms with Crippen LogP contribution in [0.3, 0.4) is 0 Å². The summed E-state index contributed by atoms with van der Waals surface area (Å²) >= 11 is 0. The van der Waals surface area contributed by atoms with Gasteiger partial charge in [0, 0.05) is 16.5 Å². The Hall–Kier alpha value is -2.93. The van der Waals surface area contributed by atoms with Gasteiger partial charge in [-0.15, -0.1) is 0 Å². The normalized spacial score (nSPS) is 10.3. The molecule has 1 aromatic heterocycles. The van der Waals surface area contributed by atoms with Crippen molar-refractivity contribution in [3.63, 3.8) is 0 Å². The topological polar surface area (TPSA) is 69.2 Å². The smallest absolute Gasteiger partial charge is 0.203 e. The Bertz CT molecular complexity index is 800. The molecule has 0 amide bonds. The van der Waals surface area contributed by atoms with Crippen LogP contribution >= 0.6 is 0 Å². The molecule has 0 aliphatic heterocycles. The molecule has 3 aromatic rings. The lowest BCUT2D eigenvalue weighted by molar-refractivity contribution is 0.481. The van der Waals surface area contributed by atoms with Crippen molar-refractivity contribution < 1.29 is 9.52 Å². The van der Waals surface area contributed by atoms with E-state index in [2.05, 4.69) is 5.32 Å². The molecule has 3 rings (SSSR count). The van der Waals surface area contributed by atoms with E-state index in [4.69, 9.17) is 9.68 Å². The van der Waals surface area contributed by atoms with E-state index in [1.165, 1.54) is 0 Å². The van der Waals surface area contributed by atoms with Crippen LogP contribution in [0.1, 0.15) is 11.5 Å². The average Bonchev–Trinajstić information content (AvgIpc) is 2.94. The predicted molar refractivity (Wildman–Crippen MR) is 76.4 cm³/mol. The SMILES string of the molecule is N#Cc1ccc(CNc2cccc3c(O)cccc23)o1. The highest BCUT2D eigenvalue weighted by atomic mass is 16.3. The number of fused-ring (bicyclic) bond motifs is 1. The number of rotatable bonds is 3. The quantitative estimate of drug-likeness (QED) is 0.758. The summed E-state index contributed by atoms with van der Waals surface area (Å²) in [4.78, 5) is 0. The minimum Gasteiger partial charge on any atom is -0.507 e. The van der Waals surface area contributed by atoms with E-state index in [-0.39, 0.29) is 5.75 Å². The van der Waals surface area contributed by atoms with Crippen LogP contribution in [0.25, 0.3) is 10.8 Å². The third-order valence-electron chi connectivity index (χ3n) is 3.12. The zero-order chi connectivity index (χ0) is 13.9. The lowest BCUT2D eigenvalue weighted by Gasteiger charge is -2.09. The van der Waals surface area contributed by atoms with Crippen LogP contribution in [0.15, 0.2) is 52.9 Å². The van der Waals surface area contributed by atoms with Gasteiger partial charge in [0.25, 0.3) is 0 Å². The van der Waals surface area contributed by atoms with Crippen molar-refractivity contribution in [1.29, 1.82) is 5.26 Å². The monoisotopic (exact) mass is 264 g/mol. The first kappa shape index (κ1) is 12.1. The van der Waals surface area contributed by atoms with E-state index in [9.17, 15) is 5.11 Å². The number of anilines is 1. The minimum atomic E-state index is 0.260. The van der Waals surface area contributed by atoms with Gasteiger partial charge in [0.2, 0.25) is 5.76 Å². The van der Waals surface area contributed by atoms with Crippen molar-refractivity contribution in [2.24, 2.45) is 0 Å². The van der Waals surface area contributed by atoms with Gasteiger partial charge in [-0.05, 0) is 24.3 Å². The average molecular weight is 264 g/mol. The maximum atomic E-state index is 9.83. The number of phenols is 1. The largest absolute Gasteiger partial charge is 0.507 e. The van der Waals surface area contributed by atoms with Gasteiger partial charge in [-0.1, -0.05) is 24.3 Å². The lowest BCUT2D eigenvalue weighted by Crippen LogP contribution is -1.98. The molecule has 0 fully saturated rings. The van der Waals surface area contributed by atoms with E-state index in [0.29, 0.717) is 18.1 Å². The summed E-state index contributed by atoms with van der Waals surface area (Å²) in [7, 11) is 0. The van der Waals surface area contributed by atoms with Crippen molar-refractivity contribution in [1.82, 2.24) is 0 Å². The summed E-state index contributed by atoms with van der Waals surface area (Å²) in [5, 5.41) is 23.5. The summed E-state index contributed by atoms with van der Waals surface area (Å²) in [5.41, 5.74) is 0.910. The fraction of sp³-hybridized carbons (Fsp3) is 0.0625. The molecule has 98 valence electrons. The third-order valence-corrected chi connectivity index (χ3v) is 3.12. The summed E-state index contributed by atoms with van der Waals surface area (Å²) in [6.07, 6.45) is 0. The summed E-state index contributed by atoms with van der Waals surface area (Å²) < 4.78 is 5.32. The standard InChI is InChI=1S/C16H12N2O2/c17-9-11-7-8-12(20-11)10-18-15-5-1-4-14-13(15)3-2-6-16(14)19/h1-8,18-19H,10H2. The molecule has 2 aromatic carbocycles. The van der Waals surface area contributed by atoms with Crippen LogP contribution in [-0.4, -0.2) is 5.11 Å². The van der Waals surface area contributed by atoms with Crippen molar-refractivity contribution in [2.45, 2.75) is 6.54 Å². The molecule has 0 atom stereocenters. The van der Waals surface area contributed by atoms with Crippen LogP contribution in [0.4, 0.5) is 5.69 Å². The maximum absolute atomic E-state index is 9.83. The highest BCUT2D eigenvalue weighted by Gasteiger charge is 2.05. The Balaban J connectivity index is 1.88. The van der Waals surface area contributed by atoms with Gasteiger partial charge >= 0.3 is 0 Å². The third kappa shape index (κ3) is 2.17. The van der Waals surface area contributed by atoms with Gasteiger partial charge in [-0.3, -0.25) is 0 Å². The Morgan fingerprint density at radius 1 is 1.05 bits per heavy atom. The summed E-state index contributed by atoms with van der Waals surface area (Å²) in [5.74, 6) is 1.26. The van der Waals surface area contributed by atoms with Gasteiger partial charge in [-0.2, -0.15) is 5.26 Å². The highest BCUT2D eigenvalue weighted by molar-refractivity contribution is 5.97. The molecule has 0 aliphatic rings. The first-order valence-electron chi connectivity index (χ1n) is 6.21. The van der Waals surface area contributed by atoms with E-state index in [1.807, 2.05) is 36.4 Å². The second-order valence-corrected chi connectivity index (χ2v) is 4.41. The first-order chi connectivity index (χ1) is 9.78. The van der Waals surface area contributed by atoms with Crippen molar-refractivity contribution in [3.05, 3.63) is 60.1 Å². The molecule has 0 spiro atoms. The number of benzene rings is 2. The van der Waals surface area contributed by atoms with E-state index in [0.717, 1.165) is 16.5 Å². The van der Waals surface area contributed by atoms with Crippen LogP contribution in [0, 0.1) is 11.3 Å². The number of hydrogen-bond donors (Lipinski definition) is 2. The number of hydrogen-bond acceptors (Lipinski definition) is 4. The van der Waals surface area contributed by atoms with Crippen LogP contribution < -0.4 is 5.32 Å². The molecule has 0 bridgehead atoms. The fourth-order valence-electron chi connectivity index (χ4n) is 2.16. The van der Waals surface area contributed by atoms with Gasteiger partial charge in [0.1, 0.15) is 17.6 Å². The van der Waals surface area contributed by atoms with Crippen LogP contribution in [0.2, 0.25) is 0 Å². The van der Waals surface area contributed by atoms with Gasteiger partial charge in [0.15, 0.2) is 0 Å². The number of nitrogens with one attached hydrogen (secondary N) is 1. The summed E-state index contributed by atoms with van der Waals surface area (Å²) in [6.45, 7) is 0.483. The van der Waals surface area contributed by atoms with Crippen LogP contribution in [-0.2, 0) is 6.54 Å². The number of aromatic hydroxyl groups is 1. The number of phenolic OH excluding ortho intramolecular Hbond substituents is 1. The Labute approximate surface area is 115 Å². The van der Waals surface area contributed by atoms with Gasteiger partial charge < -0.3 is 14.8 Å². The molecule has 0 aliphatic carbocycles. The molecule has 2 N–H and O–H groups in total. The molecule has 0 saturated carbocycles. The zero-order valence-electron chi connectivity index (χ0n) is 10.6. The number of nitriles is 1. The molecule has 0 unspecified atom stereocenters. The molecular formula is C16H12N2O2. The fourth-order valence-corrected chi connectivity index (χ4v) is 2.16. The zero-order valence-corrected chi connectivity index (χ0v) is 10.6. The number of furan rings is 1. The molecule has 4 nitrogen and oxygen atoms in total. The molecule has 20 heavy (non-hydrogen) atoms. The van der Waals surface area contributed by atoms with Gasteiger partial charge in [0.05, 0.1) is 6.54 Å². The van der Waals surface area contributed by atoms with Crippen molar-refractivity contribution >= 4 is 16.5 Å². The summed E-state index contributed by atoms with van der Waals surface area (Å²) in [6, 6.07) is 16.5. The minimum absolute atomic E-state index is 0.260. The first-order valence-corrected chi connectivity index (χ1v) is 6.21. The molecule has 1 heterocycles. The molecule has 4 heteroatoms. The molecule has 0 saturated heterocycles. The van der Waals surface area contributed by atoms with E-state index < -0.39 is 0 Å². The van der Waals surface area contributed by atoms with E-state index >= 15 is 0 Å². The van der Waals surface area contributed by atoms with Crippen LogP contribution in [0.5, 0.6) is 5.75 Å². The van der Waals surface area contributed by atoms with Crippen molar-refractivity contribution in [2.75, 3.05) is 5.32 Å². The number of nitrogens with zero attached hydrogens (tertiary/aromatic N) is 1. The molecular weight excluding hydrogens is 252 g/mol. The second kappa shape index (κ2) is 4.98. The maximum Gasteiger partial charge on any atom is 0.203 e. The molecule has 0 radical (unpaired) electrons. The Morgan fingerprint density at radius 3 is 2.65 bits per heavy atom. The lowest BCUT2D eigenvalue weighted by atomic mass is 10.1. The predicted octanol–water partition coefficient (Wildman–Crippen LogP) is 3.62. The van der Waals surface area contributed by atoms with Crippen molar-refractivity contribution in [3.8, 4) is 11.8 Å². The van der Waals surface area contributed by atoms with Gasteiger partial charge in [-0.25, -0.2) is 0 Å². The Kier molecular flexibility index (Phi) is 3.02. The van der Waals surface area contributed by atoms with E-state index in [1.54, 1.807) is 18.2 Å². The highest BCUT2D eigenvalue weighted by Crippen LogP contribution is 2.30. The Morgan fingerprint density at radius 2 is 1.85 bits per heavy atom. The second-order valence-electron chi connectivity index (χ2n) is 4.41.